The average Bonchev–Trinajstić information content (AvgIpc) is 2.94. The minimum atomic E-state index is 0.856. The van der Waals surface area contributed by atoms with Crippen LogP contribution in [0.4, 0.5) is 0 Å². The molecule has 81 valence electrons. The van der Waals surface area contributed by atoms with E-state index in [9.17, 15) is 0 Å². The Morgan fingerprint density at radius 2 is 1.71 bits per heavy atom. The van der Waals surface area contributed by atoms with Gasteiger partial charge < -0.3 is 4.52 Å². The second-order valence-corrected chi connectivity index (χ2v) is 3.75. The Morgan fingerprint density at radius 3 is 2.47 bits per heavy atom. The fraction of sp³-hybridized carbons (Fsp3) is 0. The maximum Gasteiger partial charge on any atom is 0.124 e. The molecule has 0 fully saturated rings. The molecule has 0 aliphatic carbocycles. The Bertz CT molecular complexity index is 600. The summed E-state index contributed by atoms with van der Waals surface area (Å²) in [5, 5.41) is 3.94. The molecule has 0 N–H and O–H groups in total. The Labute approximate surface area is 99.5 Å². The minimum Gasteiger partial charge on any atom is -0.364 e. The van der Waals surface area contributed by atoms with Gasteiger partial charge in [-0.15, -0.1) is 0 Å². The summed E-state index contributed by atoms with van der Waals surface area (Å²) in [7, 11) is 0. The third kappa shape index (κ3) is 1.97. The van der Waals surface area contributed by atoms with E-state index in [-0.39, 0.29) is 0 Å². The van der Waals surface area contributed by atoms with Crippen LogP contribution in [-0.2, 0) is 0 Å². The van der Waals surface area contributed by atoms with Gasteiger partial charge in [-0.2, -0.15) is 0 Å². The molecule has 3 aromatic rings. The highest BCUT2D eigenvalue weighted by atomic mass is 16.5. The molecule has 0 atom stereocenters. The van der Waals surface area contributed by atoms with Crippen LogP contribution in [0.25, 0.3) is 22.4 Å². The van der Waals surface area contributed by atoms with Crippen molar-refractivity contribution >= 4 is 0 Å². The van der Waals surface area contributed by atoms with Crippen molar-refractivity contribution in [1.29, 1.82) is 0 Å². The lowest BCUT2D eigenvalue weighted by atomic mass is 10.0. The van der Waals surface area contributed by atoms with Gasteiger partial charge in [0, 0.05) is 11.6 Å². The van der Waals surface area contributed by atoms with Crippen molar-refractivity contribution in [1.82, 2.24) is 5.16 Å². The van der Waals surface area contributed by atoms with Crippen LogP contribution in [0.1, 0.15) is 0 Å². The highest BCUT2D eigenvalue weighted by Gasteiger charge is 2.03. The zero-order chi connectivity index (χ0) is 11.5. The first-order valence-corrected chi connectivity index (χ1v) is 5.41. The monoisotopic (exact) mass is 220 g/mol. The van der Waals surface area contributed by atoms with Gasteiger partial charge in [-0.25, -0.2) is 0 Å². The summed E-state index contributed by atoms with van der Waals surface area (Å²) in [6.07, 6.45) is 1.58. The molecule has 3 rings (SSSR count). The van der Waals surface area contributed by atoms with Crippen LogP contribution >= 0.6 is 0 Å². The third-order valence-corrected chi connectivity index (χ3v) is 2.65. The molecule has 0 unspecified atom stereocenters. The van der Waals surface area contributed by atoms with Crippen molar-refractivity contribution in [3.05, 3.63) is 66.9 Å². The molecule has 1 radical (unpaired) electrons. The quantitative estimate of drug-likeness (QED) is 0.656. The first-order chi connectivity index (χ1) is 8.43. The van der Waals surface area contributed by atoms with Crippen molar-refractivity contribution < 1.29 is 4.52 Å². The molecule has 0 saturated carbocycles. The summed E-state index contributed by atoms with van der Waals surface area (Å²) in [5.74, 6) is 0. The molecule has 2 aromatic carbocycles. The summed E-state index contributed by atoms with van der Waals surface area (Å²) in [6.45, 7) is 0. The lowest BCUT2D eigenvalue weighted by Crippen LogP contribution is -1.80. The van der Waals surface area contributed by atoms with Gasteiger partial charge >= 0.3 is 0 Å². The van der Waals surface area contributed by atoms with Crippen LogP contribution < -0.4 is 0 Å². The van der Waals surface area contributed by atoms with Crippen LogP contribution in [0.5, 0.6) is 0 Å². The van der Waals surface area contributed by atoms with Gasteiger partial charge in [-0.1, -0.05) is 47.6 Å². The Balaban J connectivity index is 2.06. The molecule has 0 bridgehead atoms. The average molecular weight is 220 g/mol. The van der Waals surface area contributed by atoms with E-state index in [0.29, 0.717) is 0 Å². The zero-order valence-electron chi connectivity index (χ0n) is 9.13. The van der Waals surface area contributed by atoms with Crippen molar-refractivity contribution in [3.8, 4) is 22.4 Å². The molecular formula is C15H10NO. The predicted molar refractivity (Wildman–Crippen MR) is 66.2 cm³/mol. The van der Waals surface area contributed by atoms with Crippen molar-refractivity contribution in [2.75, 3.05) is 0 Å². The number of aromatic nitrogens is 1. The Kier molecular flexibility index (Phi) is 2.47. The van der Waals surface area contributed by atoms with Crippen LogP contribution in [0, 0.1) is 6.07 Å². The highest BCUT2D eigenvalue weighted by molar-refractivity contribution is 5.70. The fourth-order valence-electron chi connectivity index (χ4n) is 1.80. The summed E-state index contributed by atoms with van der Waals surface area (Å²) >= 11 is 0. The Hall–Kier alpha value is -2.35. The van der Waals surface area contributed by atoms with E-state index >= 15 is 0 Å². The van der Waals surface area contributed by atoms with Gasteiger partial charge in [0.2, 0.25) is 0 Å². The normalized spacial score (nSPS) is 10.4. The van der Waals surface area contributed by atoms with E-state index < -0.39 is 0 Å². The molecule has 17 heavy (non-hydrogen) atoms. The van der Waals surface area contributed by atoms with Gasteiger partial charge in [0.15, 0.2) is 0 Å². The van der Waals surface area contributed by atoms with Crippen molar-refractivity contribution in [2.24, 2.45) is 0 Å². The molecule has 2 nitrogen and oxygen atoms in total. The maximum absolute atomic E-state index is 4.86. The number of hydrogen-bond acceptors (Lipinski definition) is 2. The van der Waals surface area contributed by atoms with Gasteiger partial charge in [0.1, 0.15) is 12.0 Å². The van der Waals surface area contributed by atoms with E-state index in [0.717, 1.165) is 11.3 Å². The summed E-state index contributed by atoms with van der Waals surface area (Å²) in [4.78, 5) is 0. The lowest BCUT2D eigenvalue weighted by molar-refractivity contribution is 0.422. The molecule has 0 aliphatic heterocycles. The standard InChI is InChI=1S/C15H10NO/c1-2-5-12(6-3-1)13-7-4-8-14(11-13)15-9-10-17-16-15/h2-11H. The predicted octanol–water partition coefficient (Wildman–Crippen LogP) is 3.81. The second kappa shape index (κ2) is 4.26. The second-order valence-electron chi connectivity index (χ2n) is 3.75. The number of nitrogens with zero attached hydrogens (tertiary/aromatic N) is 1. The molecular weight excluding hydrogens is 210 g/mol. The number of benzene rings is 2. The first-order valence-electron chi connectivity index (χ1n) is 5.41. The lowest BCUT2D eigenvalue weighted by Gasteiger charge is -2.03. The largest absolute Gasteiger partial charge is 0.364 e. The van der Waals surface area contributed by atoms with E-state index in [1.165, 1.54) is 11.1 Å². The fourth-order valence-corrected chi connectivity index (χ4v) is 1.80. The van der Waals surface area contributed by atoms with E-state index in [4.69, 9.17) is 4.52 Å². The topological polar surface area (TPSA) is 26.0 Å². The van der Waals surface area contributed by atoms with Crippen LogP contribution in [0.2, 0.25) is 0 Å². The molecule has 0 saturated heterocycles. The molecule has 1 heterocycles. The van der Waals surface area contributed by atoms with Gasteiger partial charge in [-0.05, 0) is 23.3 Å². The maximum atomic E-state index is 4.86. The first kappa shape index (κ1) is 9.85. The van der Waals surface area contributed by atoms with Crippen LogP contribution in [0.15, 0.2) is 65.4 Å². The SMILES string of the molecule is [c]1ccc(-c2cccc(-c3ccon3)c2)cc1. The number of hydrogen-bond donors (Lipinski definition) is 0. The van der Waals surface area contributed by atoms with E-state index in [1.54, 1.807) is 6.26 Å². The summed E-state index contributed by atoms with van der Waals surface area (Å²) < 4.78 is 4.86. The number of rotatable bonds is 2. The molecule has 0 amide bonds. The van der Waals surface area contributed by atoms with E-state index in [1.807, 2.05) is 42.5 Å². The summed E-state index contributed by atoms with van der Waals surface area (Å²) in [5.41, 5.74) is 4.26. The van der Waals surface area contributed by atoms with Gasteiger partial charge in [0.05, 0.1) is 0 Å². The molecule has 1 aromatic heterocycles. The van der Waals surface area contributed by atoms with E-state index in [2.05, 4.69) is 23.4 Å². The Morgan fingerprint density at radius 1 is 0.882 bits per heavy atom. The van der Waals surface area contributed by atoms with Crippen LogP contribution in [-0.4, -0.2) is 5.16 Å². The third-order valence-electron chi connectivity index (χ3n) is 2.65. The van der Waals surface area contributed by atoms with Gasteiger partial charge in [0.25, 0.3) is 0 Å². The van der Waals surface area contributed by atoms with Crippen molar-refractivity contribution in [2.45, 2.75) is 0 Å². The minimum absolute atomic E-state index is 0.856. The van der Waals surface area contributed by atoms with Crippen LogP contribution in [0.3, 0.4) is 0 Å². The summed E-state index contributed by atoms with van der Waals surface area (Å²) in [6, 6.07) is 21.0. The smallest absolute Gasteiger partial charge is 0.124 e. The molecule has 0 spiro atoms. The zero-order valence-corrected chi connectivity index (χ0v) is 9.13. The molecule has 0 aliphatic rings. The molecule has 2 heteroatoms. The van der Waals surface area contributed by atoms with Crippen molar-refractivity contribution in [3.63, 3.8) is 0 Å². The van der Waals surface area contributed by atoms with Gasteiger partial charge in [-0.3, -0.25) is 0 Å². The highest BCUT2D eigenvalue weighted by Crippen LogP contribution is 2.24.